The monoisotopic (exact) mass is 187 g/mol. The van der Waals surface area contributed by atoms with Gasteiger partial charge in [-0.1, -0.05) is 11.6 Å². The number of hydrogen-bond donors (Lipinski definition) is 1. The van der Waals surface area contributed by atoms with Gasteiger partial charge in [0.05, 0.1) is 13.3 Å². The Hall–Kier alpha value is -1.29. The van der Waals surface area contributed by atoms with E-state index in [4.69, 9.17) is 21.4 Å². The molecule has 64 valence electrons. The molecule has 0 saturated carbocycles. The molecule has 0 saturated heterocycles. The summed E-state index contributed by atoms with van der Waals surface area (Å²) < 4.78 is 4.80. The highest BCUT2D eigenvalue weighted by molar-refractivity contribution is 6.32. The van der Waals surface area contributed by atoms with E-state index in [-0.39, 0.29) is 5.69 Å². The maximum Gasteiger partial charge on any atom is 0.354 e. The molecule has 1 heterocycles. The predicted octanol–water partition coefficient (Wildman–Crippen LogP) is 1.44. The lowest BCUT2D eigenvalue weighted by atomic mass is 10.3. The van der Waals surface area contributed by atoms with Crippen molar-refractivity contribution < 1.29 is 14.6 Å². The second-order valence-corrected chi connectivity index (χ2v) is 2.42. The zero-order chi connectivity index (χ0) is 9.14. The zero-order valence-corrected chi connectivity index (χ0v) is 7.00. The molecule has 0 unspecified atom stereocenters. The summed E-state index contributed by atoms with van der Waals surface area (Å²) in [4.78, 5) is 14.0. The van der Waals surface area contributed by atoms with Crippen molar-refractivity contribution in [1.29, 1.82) is 0 Å². The van der Waals surface area contributed by atoms with Crippen molar-refractivity contribution in [3.8, 4) is 5.75 Å². The maximum absolute atomic E-state index is 10.4. The molecule has 4 nitrogen and oxygen atoms in total. The zero-order valence-electron chi connectivity index (χ0n) is 6.24. The Balaban J connectivity index is 3.13. The minimum Gasteiger partial charge on any atom is -0.495 e. The highest BCUT2D eigenvalue weighted by Crippen LogP contribution is 2.22. The van der Waals surface area contributed by atoms with Crippen LogP contribution in [0.2, 0.25) is 5.02 Å². The lowest BCUT2D eigenvalue weighted by molar-refractivity contribution is 0.0690. The number of rotatable bonds is 2. The van der Waals surface area contributed by atoms with E-state index in [0.29, 0.717) is 10.8 Å². The van der Waals surface area contributed by atoms with Crippen LogP contribution in [0.25, 0.3) is 0 Å². The quantitative estimate of drug-likeness (QED) is 0.761. The molecular weight excluding hydrogens is 182 g/mol. The van der Waals surface area contributed by atoms with Gasteiger partial charge in [0, 0.05) is 6.07 Å². The molecule has 1 rings (SSSR count). The molecule has 0 amide bonds. The Labute approximate surface area is 73.8 Å². The summed E-state index contributed by atoms with van der Waals surface area (Å²) in [5, 5.41) is 8.83. The Morgan fingerprint density at radius 3 is 2.92 bits per heavy atom. The van der Waals surface area contributed by atoms with Crippen LogP contribution < -0.4 is 4.74 Å². The molecule has 0 aromatic carbocycles. The fourth-order valence-corrected chi connectivity index (χ4v) is 0.874. The molecule has 0 spiro atoms. The first-order valence-electron chi connectivity index (χ1n) is 3.08. The topological polar surface area (TPSA) is 59.4 Å². The van der Waals surface area contributed by atoms with Crippen molar-refractivity contribution in [2.75, 3.05) is 7.11 Å². The van der Waals surface area contributed by atoms with Gasteiger partial charge in [-0.05, 0) is 0 Å². The number of hydrogen-bond acceptors (Lipinski definition) is 3. The Bertz CT molecular complexity index is 314. The summed E-state index contributed by atoms with van der Waals surface area (Å²) in [5.41, 5.74) is -0.0868. The molecule has 0 aliphatic heterocycles. The van der Waals surface area contributed by atoms with Crippen LogP contribution in [0.4, 0.5) is 0 Å². The standard InChI is InChI=1S/C7H6ClNO3/c1-12-6-2-5(7(10)11)9-3-4(6)8/h2-3H,1H3,(H,10,11). The number of ether oxygens (including phenoxy) is 1. The molecule has 5 heteroatoms. The van der Waals surface area contributed by atoms with Crippen LogP contribution in [-0.4, -0.2) is 23.2 Å². The molecule has 0 atom stereocenters. The van der Waals surface area contributed by atoms with Gasteiger partial charge < -0.3 is 9.84 Å². The number of carboxylic acids is 1. The number of aromatic carboxylic acids is 1. The first-order chi connectivity index (χ1) is 5.65. The number of aromatic nitrogens is 1. The normalized spacial score (nSPS) is 9.50. The molecule has 0 fully saturated rings. The van der Waals surface area contributed by atoms with Crippen LogP contribution in [0.1, 0.15) is 10.5 Å². The Morgan fingerprint density at radius 2 is 2.42 bits per heavy atom. The van der Waals surface area contributed by atoms with E-state index in [1.807, 2.05) is 0 Å². The molecular formula is C7H6ClNO3. The highest BCUT2D eigenvalue weighted by Gasteiger charge is 2.08. The van der Waals surface area contributed by atoms with Gasteiger partial charge in [-0.3, -0.25) is 0 Å². The van der Waals surface area contributed by atoms with Crippen LogP contribution in [0.3, 0.4) is 0 Å². The number of methoxy groups -OCH3 is 1. The minimum atomic E-state index is -1.11. The van der Waals surface area contributed by atoms with E-state index in [2.05, 4.69) is 4.98 Å². The third kappa shape index (κ3) is 1.65. The van der Waals surface area contributed by atoms with Gasteiger partial charge in [0.1, 0.15) is 10.8 Å². The molecule has 0 aliphatic rings. The second kappa shape index (κ2) is 3.40. The maximum atomic E-state index is 10.4. The Morgan fingerprint density at radius 1 is 1.75 bits per heavy atom. The van der Waals surface area contributed by atoms with E-state index in [0.717, 1.165) is 0 Å². The smallest absolute Gasteiger partial charge is 0.354 e. The van der Waals surface area contributed by atoms with Gasteiger partial charge in [-0.15, -0.1) is 0 Å². The molecule has 0 bridgehead atoms. The third-order valence-electron chi connectivity index (χ3n) is 1.26. The SMILES string of the molecule is COc1cc(C(=O)O)ncc1Cl. The minimum absolute atomic E-state index is 0.0868. The first-order valence-corrected chi connectivity index (χ1v) is 3.45. The van der Waals surface area contributed by atoms with Crippen LogP contribution in [0.15, 0.2) is 12.3 Å². The number of nitrogens with zero attached hydrogens (tertiary/aromatic N) is 1. The van der Waals surface area contributed by atoms with Crippen molar-refractivity contribution in [2.24, 2.45) is 0 Å². The summed E-state index contributed by atoms with van der Waals surface area (Å²) in [7, 11) is 1.41. The van der Waals surface area contributed by atoms with Crippen molar-refractivity contribution >= 4 is 17.6 Å². The lowest BCUT2D eigenvalue weighted by Crippen LogP contribution is -2.00. The number of pyridine rings is 1. The van der Waals surface area contributed by atoms with E-state index in [1.165, 1.54) is 19.4 Å². The van der Waals surface area contributed by atoms with Crippen LogP contribution in [0, 0.1) is 0 Å². The predicted molar refractivity (Wildman–Crippen MR) is 42.8 cm³/mol. The third-order valence-corrected chi connectivity index (χ3v) is 1.54. The largest absolute Gasteiger partial charge is 0.495 e. The number of halogens is 1. The molecule has 0 radical (unpaired) electrons. The molecule has 1 aromatic rings. The fraction of sp³-hybridized carbons (Fsp3) is 0.143. The molecule has 12 heavy (non-hydrogen) atoms. The van der Waals surface area contributed by atoms with Crippen molar-refractivity contribution in [3.05, 3.63) is 23.0 Å². The second-order valence-electron chi connectivity index (χ2n) is 2.01. The van der Waals surface area contributed by atoms with Gasteiger partial charge in [0.15, 0.2) is 5.69 Å². The molecule has 0 aliphatic carbocycles. The summed E-state index contributed by atoms with van der Waals surface area (Å²) in [5.74, 6) is -0.797. The van der Waals surface area contributed by atoms with Crippen LogP contribution in [-0.2, 0) is 0 Å². The van der Waals surface area contributed by atoms with Crippen molar-refractivity contribution in [3.63, 3.8) is 0 Å². The fourth-order valence-electron chi connectivity index (χ4n) is 0.694. The van der Waals surface area contributed by atoms with E-state index < -0.39 is 5.97 Å². The number of carbonyl (C=O) groups is 1. The summed E-state index contributed by atoms with van der Waals surface area (Å²) in [6.07, 6.45) is 1.24. The van der Waals surface area contributed by atoms with Gasteiger partial charge in [0.25, 0.3) is 0 Å². The average molecular weight is 188 g/mol. The van der Waals surface area contributed by atoms with Gasteiger partial charge in [-0.2, -0.15) is 0 Å². The van der Waals surface area contributed by atoms with Crippen molar-refractivity contribution in [2.45, 2.75) is 0 Å². The lowest BCUT2D eigenvalue weighted by Gasteiger charge is -2.01. The van der Waals surface area contributed by atoms with Gasteiger partial charge in [0.2, 0.25) is 0 Å². The highest BCUT2D eigenvalue weighted by atomic mass is 35.5. The van der Waals surface area contributed by atoms with E-state index in [9.17, 15) is 4.79 Å². The molecule has 1 aromatic heterocycles. The van der Waals surface area contributed by atoms with E-state index >= 15 is 0 Å². The van der Waals surface area contributed by atoms with E-state index in [1.54, 1.807) is 0 Å². The summed E-state index contributed by atoms with van der Waals surface area (Å²) in [6.45, 7) is 0. The van der Waals surface area contributed by atoms with Crippen LogP contribution in [0.5, 0.6) is 5.75 Å². The number of carboxylic acid groups (broad SMARTS) is 1. The van der Waals surface area contributed by atoms with Crippen LogP contribution >= 0.6 is 11.6 Å². The average Bonchev–Trinajstić information content (AvgIpc) is 2.05. The summed E-state index contributed by atoms with van der Waals surface area (Å²) in [6, 6.07) is 1.27. The van der Waals surface area contributed by atoms with Gasteiger partial charge >= 0.3 is 5.97 Å². The van der Waals surface area contributed by atoms with Crippen molar-refractivity contribution in [1.82, 2.24) is 4.98 Å². The summed E-state index contributed by atoms with van der Waals surface area (Å²) >= 11 is 5.62. The Kier molecular flexibility index (Phi) is 2.50. The molecule has 1 N–H and O–H groups in total. The van der Waals surface area contributed by atoms with Gasteiger partial charge in [-0.25, -0.2) is 9.78 Å². The first kappa shape index (κ1) is 8.80.